The molecule has 0 bridgehead atoms. The minimum Gasteiger partial charge on any atom is -0.467 e. The van der Waals surface area contributed by atoms with Crippen LogP contribution < -0.4 is 5.32 Å². The summed E-state index contributed by atoms with van der Waals surface area (Å²) in [6, 6.07) is 5.25. The van der Waals surface area contributed by atoms with Gasteiger partial charge < -0.3 is 10.1 Å². The number of methoxy groups -OCH3 is 1. The molecule has 0 aromatic heterocycles. The largest absolute Gasteiger partial charge is 0.467 e. The van der Waals surface area contributed by atoms with Crippen molar-refractivity contribution in [2.45, 2.75) is 18.6 Å². The SMILES string of the molecule is COC(=O)[C@H](Cc1ccc(C(F)(F)F)cc1)NC(=O)c1ccc(F)c(F)c1. The number of alkyl halides is 3. The maximum absolute atomic E-state index is 13.2. The first-order chi connectivity index (χ1) is 12.6. The van der Waals surface area contributed by atoms with Crippen LogP contribution in [0.2, 0.25) is 0 Å². The Labute approximate surface area is 150 Å². The van der Waals surface area contributed by atoms with E-state index in [9.17, 15) is 31.5 Å². The summed E-state index contributed by atoms with van der Waals surface area (Å²) in [7, 11) is 1.08. The normalized spacial score (nSPS) is 12.4. The van der Waals surface area contributed by atoms with Crippen LogP contribution in [0.4, 0.5) is 22.0 Å². The molecule has 0 unspecified atom stereocenters. The third kappa shape index (κ3) is 5.25. The summed E-state index contributed by atoms with van der Waals surface area (Å²) in [5.41, 5.74) is -0.745. The van der Waals surface area contributed by atoms with Gasteiger partial charge in [0.1, 0.15) is 6.04 Å². The van der Waals surface area contributed by atoms with Gasteiger partial charge in [-0.2, -0.15) is 13.2 Å². The lowest BCUT2D eigenvalue weighted by molar-refractivity contribution is -0.143. The number of carbonyl (C=O) groups is 2. The second-order valence-electron chi connectivity index (χ2n) is 5.58. The molecule has 2 aromatic carbocycles. The van der Waals surface area contributed by atoms with Crippen molar-refractivity contribution in [2.75, 3.05) is 7.11 Å². The van der Waals surface area contributed by atoms with Crippen molar-refractivity contribution in [3.8, 4) is 0 Å². The van der Waals surface area contributed by atoms with E-state index in [0.717, 1.165) is 31.4 Å². The Balaban J connectivity index is 2.16. The number of benzene rings is 2. The van der Waals surface area contributed by atoms with E-state index in [-0.39, 0.29) is 12.0 Å². The van der Waals surface area contributed by atoms with E-state index in [1.165, 1.54) is 12.1 Å². The standard InChI is InChI=1S/C18H14F5NO3/c1-27-17(26)15(8-10-2-5-12(6-3-10)18(21,22)23)24-16(25)11-4-7-13(19)14(20)9-11/h2-7,9,15H,8H2,1H3,(H,24,25)/t15-/m0/s1. The van der Waals surface area contributed by atoms with Crippen molar-refractivity contribution in [1.82, 2.24) is 5.32 Å². The highest BCUT2D eigenvalue weighted by molar-refractivity contribution is 5.96. The van der Waals surface area contributed by atoms with Crippen molar-refractivity contribution in [1.29, 1.82) is 0 Å². The molecule has 0 fully saturated rings. The van der Waals surface area contributed by atoms with Crippen LogP contribution >= 0.6 is 0 Å². The summed E-state index contributed by atoms with van der Waals surface area (Å²) >= 11 is 0. The fraction of sp³-hybridized carbons (Fsp3) is 0.222. The van der Waals surface area contributed by atoms with E-state index < -0.39 is 41.3 Å². The third-order valence-corrected chi connectivity index (χ3v) is 3.69. The Morgan fingerprint density at radius 2 is 1.67 bits per heavy atom. The Bertz CT molecular complexity index is 834. The molecule has 0 spiro atoms. The van der Waals surface area contributed by atoms with Gasteiger partial charge in [-0.3, -0.25) is 4.79 Å². The van der Waals surface area contributed by atoms with Gasteiger partial charge in [0.2, 0.25) is 0 Å². The second kappa shape index (κ2) is 8.15. The number of nitrogens with one attached hydrogen (secondary N) is 1. The lowest BCUT2D eigenvalue weighted by Crippen LogP contribution is -2.43. The zero-order valence-electron chi connectivity index (χ0n) is 13.9. The summed E-state index contributed by atoms with van der Waals surface area (Å²) in [6.07, 6.45) is -4.65. The predicted octanol–water partition coefficient (Wildman–Crippen LogP) is 3.50. The number of hydrogen-bond acceptors (Lipinski definition) is 3. The Morgan fingerprint density at radius 3 is 2.19 bits per heavy atom. The van der Waals surface area contributed by atoms with Crippen LogP contribution in [0, 0.1) is 11.6 Å². The number of carbonyl (C=O) groups excluding carboxylic acids is 2. The minimum absolute atomic E-state index is 0.153. The highest BCUT2D eigenvalue weighted by Gasteiger charge is 2.30. The molecule has 0 aliphatic carbocycles. The van der Waals surface area contributed by atoms with Crippen LogP contribution in [-0.2, 0) is 22.1 Å². The van der Waals surface area contributed by atoms with E-state index >= 15 is 0 Å². The van der Waals surface area contributed by atoms with E-state index in [1.54, 1.807) is 0 Å². The molecule has 144 valence electrons. The van der Waals surface area contributed by atoms with Gasteiger partial charge in [0.05, 0.1) is 12.7 Å². The number of esters is 1. The van der Waals surface area contributed by atoms with Gasteiger partial charge >= 0.3 is 12.1 Å². The molecule has 0 aliphatic heterocycles. The van der Waals surface area contributed by atoms with E-state index in [4.69, 9.17) is 0 Å². The summed E-state index contributed by atoms with van der Waals surface area (Å²) < 4.78 is 68.6. The molecule has 0 saturated heterocycles. The molecule has 27 heavy (non-hydrogen) atoms. The Hall–Kier alpha value is -2.97. The van der Waals surface area contributed by atoms with Crippen molar-refractivity contribution in [3.63, 3.8) is 0 Å². The third-order valence-electron chi connectivity index (χ3n) is 3.69. The van der Waals surface area contributed by atoms with Crippen molar-refractivity contribution in [2.24, 2.45) is 0 Å². The quantitative estimate of drug-likeness (QED) is 0.631. The van der Waals surface area contributed by atoms with E-state index in [2.05, 4.69) is 10.1 Å². The van der Waals surface area contributed by atoms with Crippen LogP contribution in [0.25, 0.3) is 0 Å². The summed E-state index contributed by atoms with van der Waals surface area (Å²) in [5, 5.41) is 2.30. The molecular formula is C18H14F5NO3. The first kappa shape index (κ1) is 20.3. The first-order valence-electron chi connectivity index (χ1n) is 7.61. The highest BCUT2D eigenvalue weighted by Crippen LogP contribution is 2.29. The lowest BCUT2D eigenvalue weighted by Gasteiger charge is -2.17. The molecule has 0 radical (unpaired) electrons. The van der Waals surface area contributed by atoms with Crippen molar-refractivity contribution in [3.05, 3.63) is 70.8 Å². The van der Waals surface area contributed by atoms with Crippen molar-refractivity contribution >= 4 is 11.9 Å². The number of amides is 1. The van der Waals surface area contributed by atoms with Gasteiger partial charge in [-0.25, -0.2) is 13.6 Å². The predicted molar refractivity (Wildman–Crippen MR) is 84.8 cm³/mol. The van der Waals surface area contributed by atoms with E-state index in [1.807, 2.05) is 0 Å². The topological polar surface area (TPSA) is 55.4 Å². The maximum Gasteiger partial charge on any atom is 0.416 e. The fourth-order valence-electron chi connectivity index (χ4n) is 2.28. The molecule has 2 aromatic rings. The summed E-state index contributed by atoms with van der Waals surface area (Å²) in [6.45, 7) is 0. The van der Waals surface area contributed by atoms with Crippen LogP contribution in [0.1, 0.15) is 21.5 Å². The Kier molecular flexibility index (Phi) is 6.14. The van der Waals surface area contributed by atoms with Gasteiger partial charge in [0.15, 0.2) is 11.6 Å². The molecule has 1 atom stereocenters. The lowest BCUT2D eigenvalue weighted by atomic mass is 10.0. The van der Waals surface area contributed by atoms with Crippen LogP contribution in [0.3, 0.4) is 0 Å². The molecule has 1 amide bonds. The number of hydrogen-bond donors (Lipinski definition) is 1. The van der Waals surface area contributed by atoms with E-state index in [0.29, 0.717) is 11.6 Å². The molecule has 2 rings (SSSR count). The smallest absolute Gasteiger partial charge is 0.416 e. The average Bonchev–Trinajstić information content (AvgIpc) is 2.62. The molecule has 0 heterocycles. The van der Waals surface area contributed by atoms with Gasteiger partial charge in [-0.05, 0) is 35.9 Å². The van der Waals surface area contributed by atoms with Gasteiger partial charge in [-0.1, -0.05) is 12.1 Å². The number of rotatable bonds is 5. The van der Waals surface area contributed by atoms with Crippen LogP contribution in [-0.4, -0.2) is 25.0 Å². The first-order valence-corrected chi connectivity index (χ1v) is 7.61. The number of ether oxygens (including phenoxy) is 1. The average molecular weight is 387 g/mol. The molecule has 0 saturated carbocycles. The molecule has 9 heteroatoms. The zero-order valence-corrected chi connectivity index (χ0v) is 13.9. The minimum atomic E-state index is -4.50. The number of halogens is 5. The molecule has 4 nitrogen and oxygen atoms in total. The summed E-state index contributed by atoms with van der Waals surface area (Å²) in [5.74, 6) is -4.08. The van der Waals surface area contributed by atoms with Gasteiger partial charge in [0, 0.05) is 12.0 Å². The zero-order chi connectivity index (χ0) is 20.2. The van der Waals surface area contributed by atoms with Crippen LogP contribution in [0.5, 0.6) is 0 Å². The molecule has 1 N–H and O–H groups in total. The summed E-state index contributed by atoms with van der Waals surface area (Å²) in [4.78, 5) is 24.0. The van der Waals surface area contributed by atoms with Gasteiger partial charge in [0.25, 0.3) is 5.91 Å². The monoisotopic (exact) mass is 387 g/mol. The van der Waals surface area contributed by atoms with Gasteiger partial charge in [-0.15, -0.1) is 0 Å². The second-order valence-corrected chi connectivity index (χ2v) is 5.58. The maximum atomic E-state index is 13.2. The fourth-order valence-corrected chi connectivity index (χ4v) is 2.28. The molecular weight excluding hydrogens is 373 g/mol. The Morgan fingerprint density at radius 1 is 1.04 bits per heavy atom. The van der Waals surface area contributed by atoms with Crippen LogP contribution in [0.15, 0.2) is 42.5 Å². The highest BCUT2D eigenvalue weighted by atomic mass is 19.4. The molecule has 0 aliphatic rings. The van der Waals surface area contributed by atoms with Crippen molar-refractivity contribution < 1.29 is 36.3 Å².